The molecule has 1 N–H and O–H groups in total. The molecule has 1 aromatic carbocycles. The topological polar surface area (TPSA) is 61.6 Å². The largest absolute Gasteiger partial charge is 0.360 e. The quantitative estimate of drug-likeness (QED) is 0.922. The number of nitrogens with zero attached hydrogens (tertiary/aromatic N) is 3. The van der Waals surface area contributed by atoms with Gasteiger partial charge in [-0.2, -0.15) is 0 Å². The van der Waals surface area contributed by atoms with Crippen LogP contribution in [0.3, 0.4) is 0 Å². The van der Waals surface area contributed by atoms with Crippen molar-refractivity contribution in [3.63, 3.8) is 0 Å². The fraction of sp³-hybridized carbons (Fsp3) is 0.412. The van der Waals surface area contributed by atoms with Crippen LogP contribution in [0.25, 0.3) is 0 Å². The number of rotatable bonds is 4. The molecule has 1 aliphatic rings. The van der Waals surface area contributed by atoms with Crippen molar-refractivity contribution < 1.29 is 9.32 Å². The van der Waals surface area contributed by atoms with E-state index in [9.17, 15) is 4.79 Å². The SMILES string of the molecule is Cc1cc(N2CCN(C(=O)NCCc3ccc(Cl)cc3)CC2)no1. The average molecular weight is 349 g/mol. The average Bonchev–Trinajstić information content (AvgIpc) is 3.03. The van der Waals surface area contributed by atoms with Gasteiger partial charge in [-0.1, -0.05) is 28.9 Å². The van der Waals surface area contributed by atoms with E-state index in [-0.39, 0.29) is 6.03 Å². The summed E-state index contributed by atoms with van der Waals surface area (Å²) in [5.74, 6) is 1.64. The Balaban J connectivity index is 1.41. The van der Waals surface area contributed by atoms with Gasteiger partial charge in [0.25, 0.3) is 0 Å². The molecule has 0 spiro atoms. The molecule has 2 amide bonds. The lowest BCUT2D eigenvalue weighted by molar-refractivity contribution is 0.194. The number of carbonyl (C=O) groups excluding carboxylic acids is 1. The van der Waals surface area contributed by atoms with Gasteiger partial charge < -0.3 is 19.6 Å². The Kier molecular flexibility index (Phi) is 5.25. The zero-order valence-electron chi connectivity index (χ0n) is 13.7. The number of nitrogens with one attached hydrogen (secondary N) is 1. The molecule has 1 saturated heterocycles. The molecule has 1 aromatic heterocycles. The zero-order valence-corrected chi connectivity index (χ0v) is 14.4. The van der Waals surface area contributed by atoms with E-state index in [0.29, 0.717) is 19.6 Å². The number of carbonyl (C=O) groups is 1. The molecule has 1 fully saturated rings. The van der Waals surface area contributed by atoms with Crippen molar-refractivity contribution >= 4 is 23.4 Å². The number of halogens is 1. The molecular weight excluding hydrogens is 328 g/mol. The van der Waals surface area contributed by atoms with Crippen molar-refractivity contribution in [3.05, 3.63) is 46.7 Å². The molecule has 3 rings (SSSR count). The lowest BCUT2D eigenvalue weighted by Gasteiger charge is -2.34. The van der Waals surface area contributed by atoms with Gasteiger partial charge in [0.05, 0.1) is 0 Å². The van der Waals surface area contributed by atoms with Gasteiger partial charge in [-0.3, -0.25) is 0 Å². The summed E-state index contributed by atoms with van der Waals surface area (Å²) in [6.07, 6.45) is 0.793. The van der Waals surface area contributed by atoms with Gasteiger partial charge in [0.15, 0.2) is 5.82 Å². The van der Waals surface area contributed by atoms with E-state index in [1.54, 1.807) is 0 Å². The molecule has 128 valence electrons. The minimum atomic E-state index is -0.0139. The molecule has 0 aliphatic carbocycles. The third kappa shape index (κ3) is 4.20. The first-order valence-electron chi connectivity index (χ1n) is 8.07. The standard InChI is InChI=1S/C17H21ClN4O2/c1-13-12-16(20-24-13)21-8-10-22(11-9-21)17(23)19-7-6-14-2-4-15(18)5-3-14/h2-5,12H,6-11H2,1H3,(H,19,23). The summed E-state index contributed by atoms with van der Waals surface area (Å²) in [7, 11) is 0. The van der Waals surface area contributed by atoms with Gasteiger partial charge in [0.1, 0.15) is 5.76 Å². The summed E-state index contributed by atoms with van der Waals surface area (Å²) in [6.45, 7) is 5.37. The van der Waals surface area contributed by atoms with Crippen molar-refractivity contribution in [1.82, 2.24) is 15.4 Å². The van der Waals surface area contributed by atoms with Gasteiger partial charge >= 0.3 is 6.03 Å². The highest BCUT2D eigenvalue weighted by atomic mass is 35.5. The number of aromatic nitrogens is 1. The molecule has 1 aliphatic heterocycles. The van der Waals surface area contributed by atoms with Crippen LogP contribution in [0.4, 0.5) is 10.6 Å². The van der Waals surface area contributed by atoms with Gasteiger partial charge in [-0.15, -0.1) is 0 Å². The molecule has 24 heavy (non-hydrogen) atoms. The van der Waals surface area contributed by atoms with Gasteiger partial charge in [0.2, 0.25) is 0 Å². The first-order chi connectivity index (χ1) is 11.6. The lowest BCUT2D eigenvalue weighted by atomic mass is 10.1. The third-order valence-electron chi connectivity index (χ3n) is 4.11. The van der Waals surface area contributed by atoms with Crippen LogP contribution in [-0.2, 0) is 6.42 Å². The Morgan fingerprint density at radius 1 is 1.25 bits per heavy atom. The number of amides is 2. The van der Waals surface area contributed by atoms with Crippen molar-refractivity contribution in [1.29, 1.82) is 0 Å². The second kappa shape index (κ2) is 7.57. The monoisotopic (exact) mass is 348 g/mol. The van der Waals surface area contributed by atoms with Crippen molar-refractivity contribution in [3.8, 4) is 0 Å². The summed E-state index contributed by atoms with van der Waals surface area (Å²) >= 11 is 5.86. The molecule has 7 heteroatoms. The van der Waals surface area contributed by atoms with E-state index in [0.717, 1.165) is 41.7 Å². The molecular formula is C17H21ClN4O2. The zero-order chi connectivity index (χ0) is 16.9. The van der Waals surface area contributed by atoms with E-state index < -0.39 is 0 Å². The van der Waals surface area contributed by atoms with Crippen LogP contribution in [-0.4, -0.2) is 48.8 Å². The summed E-state index contributed by atoms with van der Waals surface area (Å²) in [5.41, 5.74) is 1.16. The Labute approximate surface area is 146 Å². The molecule has 0 radical (unpaired) electrons. The first kappa shape index (κ1) is 16.6. The van der Waals surface area contributed by atoms with E-state index in [1.807, 2.05) is 42.2 Å². The van der Waals surface area contributed by atoms with Crippen LogP contribution in [0.5, 0.6) is 0 Å². The Bertz CT molecular complexity index is 678. The number of hydrogen-bond acceptors (Lipinski definition) is 4. The summed E-state index contributed by atoms with van der Waals surface area (Å²) in [5, 5.41) is 7.72. The van der Waals surface area contributed by atoms with Crippen molar-refractivity contribution in [2.24, 2.45) is 0 Å². The molecule has 0 atom stereocenters. The van der Waals surface area contributed by atoms with Crippen molar-refractivity contribution in [2.75, 3.05) is 37.6 Å². The summed E-state index contributed by atoms with van der Waals surface area (Å²) < 4.78 is 5.10. The fourth-order valence-electron chi connectivity index (χ4n) is 2.72. The van der Waals surface area contributed by atoms with Crippen molar-refractivity contribution in [2.45, 2.75) is 13.3 Å². The summed E-state index contributed by atoms with van der Waals surface area (Å²) in [6, 6.07) is 9.59. The Hall–Kier alpha value is -2.21. The highest BCUT2D eigenvalue weighted by Crippen LogP contribution is 2.16. The molecule has 2 aromatic rings. The number of aryl methyl sites for hydroxylation is 1. The normalized spacial score (nSPS) is 14.8. The predicted molar refractivity (Wildman–Crippen MR) is 93.6 cm³/mol. The highest BCUT2D eigenvalue weighted by molar-refractivity contribution is 6.30. The third-order valence-corrected chi connectivity index (χ3v) is 4.36. The lowest BCUT2D eigenvalue weighted by Crippen LogP contribution is -2.52. The minimum absolute atomic E-state index is 0.0139. The Morgan fingerprint density at radius 3 is 2.58 bits per heavy atom. The van der Waals surface area contributed by atoms with E-state index in [2.05, 4.69) is 15.4 Å². The van der Waals surface area contributed by atoms with Crippen LogP contribution in [0.2, 0.25) is 5.02 Å². The molecule has 0 saturated carbocycles. The number of anilines is 1. The maximum absolute atomic E-state index is 12.2. The van der Waals surface area contributed by atoms with Crippen LogP contribution < -0.4 is 10.2 Å². The highest BCUT2D eigenvalue weighted by Gasteiger charge is 2.22. The van der Waals surface area contributed by atoms with Gasteiger partial charge in [-0.25, -0.2) is 4.79 Å². The van der Waals surface area contributed by atoms with E-state index in [4.69, 9.17) is 16.1 Å². The summed E-state index contributed by atoms with van der Waals surface area (Å²) in [4.78, 5) is 16.2. The number of hydrogen-bond donors (Lipinski definition) is 1. The van der Waals surface area contributed by atoms with Gasteiger partial charge in [-0.05, 0) is 31.0 Å². The van der Waals surface area contributed by atoms with Gasteiger partial charge in [0, 0.05) is 43.8 Å². The fourth-order valence-corrected chi connectivity index (χ4v) is 2.84. The first-order valence-corrected chi connectivity index (χ1v) is 8.45. The predicted octanol–water partition coefficient (Wildman–Crippen LogP) is 2.71. The second-order valence-corrected chi connectivity index (χ2v) is 6.31. The van der Waals surface area contributed by atoms with E-state index in [1.165, 1.54) is 0 Å². The molecule has 0 bridgehead atoms. The number of benzene rings is 1. The smallest absolute Gasteiger partial charge is 0.317 e. The molecule has 2 heterocycles. The second-order valence-electron chi connectivity index (χ2n) is 5.88. The maximum Gasteiger partial charge on any atom is 0.317 e. The number of urea groups is 1. The Morgan fingerprint density at radius 2 is 1.96 bits per heavy atom. The van der Waals surface area contributed by atoms with Crippen LogP contribution >= 0.6 is 11.6 Å². The number of piperazine rings is 1. The molecule has 0 unspecified atom stereocenters. The van der Waals surface area contributed by atoms with Crippen LogP contribution in [0, 0.1) is 6.92 Å². The van der Waals surface area contributed by atoms with Crippen LogP contribution in [0.15, 0.2) is 34.9 Å². The molecule has 6 nitrogen and oxygen atoms in total. The van der Waals surface area contributed by atoms with E-state index >= 15 is 0 Å². The maximum atomic E-state index is 12.2. The minimum Gasteiger partial charge on any atom is -0.360 e. The van der Waals surface area contributed by atoms with Crippen LogP contribution in [0.1, 0.15) is 11.3 Å².